The van der Waals surface area contributed by atoms with E-state index >= 15 is 0 Å². The lowest BCUT2D eigenvalue weighted by atomic mass is 10.2. The summed E-state index contributed by atoms with van der Waals surface area (Å²) in [5, 5.41) is 3.41. The highest BCUT2D eigenvalue weighted by Crippen LogP contribution is 2.05. The molecule has 0 aromatic carbocycles. The molecule has 2 heteroatoms. The third-order valence-corrected chi connectivity index (χ3v) is 2.69. The molecule has 1 saturated heterocycles. The number of unbranched alkanes of at least 4 members (excludes halogenated alkanes) is 2. The van der Waals surface area contributed by atoms with Crippen LogP contribution in [0.1, 0.15) is 33.1 Å². The minimum absolute atomic E-state index is 0.746. The van der Waals surface area contributed by atoms with Crippen molar-refractivity contribution in [3.05, 3.63) is 0 Å². The van der Waals surface area contributed by atoms with Crippen molar-refractivity contribution in [3.8, 4) is 0 Å². The number of hydrogen-bond donors (Lipinski definition) is 1. The third kappa shape index (κ3) is 3.11. The predicted molar refractivity (Wildman–Crippen MR) is 53.4 cm³/mol. The first kappa shape index (κ1) is 10.0. The van der Waals surface area contributed by atoms with Gasteiger partial charge in [0.25, 0.3) is 0 Å². The van der Waals surface area contributed by atoms with E-state index in [9.17, 15) is 0 Å². The lowest BCUT2D eigenvalue weighted by molar-refractivity contribution is 0.171. The van der Waals surface area contributed by atoms with Crippen LogP contribution in [0.25, 0.3) is 0 Å². The standard InChI is InChI=1S/C10H22N2/c1-3-4-5-7-12-8-6-11-9-10(12)2/h10-11H,3-9H2,1-2H3/t10-/m1/s1. The second-order valence-electron chi connectivity index (χ2n) is 3.80. The van der Waals surface area contributed by atoms with Gasteiger partial charge >= 0.3 is 0 Å². The van der Waals surface area contributed by atoms with Crippen LogP contribution in [0.4, 0.5) is 0 Å². The second-order valence-corrected chi connectivity index (χ2v) is 3.80. The van der Waals surface area contributed by atoms with Crippen LogP contribution in [-0.2, 0) is 0 Å². The molecule has 0 aromatic heterocycles. The van der Waals surface area contributed by atoms with Gasteiger partial charge in [-0.2, -0.15) is 0 Å². The Morgan fingerprint density at radius 1 is 1.42 bits per heavy atom. The van der Waals surface area contributed by atoms with E-state index < -0.39 is 0 Å². The molecular formula is C10H22N2. The molecule has 1 N–H and O–H groups in total. The number of rotatable bonds is 4. The molecule has 72 valence electrons. The highest BCUT2D eigenvalue weighted by atomic mass is 15.2. The van der Waals surface area contributed by atoms with Gasteiger partial charge in [0.1, 0.15) is 0 Å². The molecule has 1 heterocycles. The lowest BCUT2D eigenvalue weighted by Crippen LogP contribution is -2.49. The maximum absolute atomic E-state index is 3.41. The molecule has 1 aliphatic rings. The summed E-state index contributed by atoms with van der Waals surface area (Å²) in [6.45, 7) is 9.48. The van der Waals surface area contributed by atoms with Crippen molar-refractivity contribution in [2.45, 2.75) is 39.2 Å². The van der Waals surface area contributed by atoms with Crippen molar-refractivity contribution in [1.29, 1.82) is 0 Å². The van der Waals surface area contributed by atoms with E-state index in [0.29, 0.717) is 0 Å². The Morgan fingerprint density at radius 2 is 2.25 bits per heavy atom. The smallest absolute Gasteiger partial charge is 0.0192 e. The highest BCUT2D eigenvalue weighted by molar-refractivity contribution is 4.75. The van der Waals surface area contributed by atoms with Gasteiger partial charge in [0, 0.05) is 25.7 Å². The van der Waals surface area contributed by atoms with Crippen molar-refractivity contribution in [1.82, 2.24) is 10.2 Å². The van der Waals surface area contributed by atoms with Crippen LogP contribution in [0, 0.1) is 0 Å². The fourth-order valence-corrected chi connectivity index (χ4v) is 1.78. The molecular weight excluding hydrogens is 148 g/mol. The molecule has 1 aliphatic heterocycles. The van der Waals surface area contributed by atoms with Crippen LogP contribution in [0.5, 0.6) is 0 Å². The number of nitrogens with zero attached hydrogens (tertiary/aromatic N) is 1. The highest BCUT2D eigenvalue weighted by Gasteiger charge is 2.16. The lowest BCUT2D eigenvalue weighted by Gasteiger charge is -2.33. The van der Waals surface area contributed by atoms with Crippen LogP contribution < -0.4 is 5.32 Å². The van der Waals surface area contributed by atoms with Crippen LogP contribution in [-0.4, -0.2) is 37.1 Å². The van der Waals surface area contributed by atoms with E-state index in [-0.39, 0.29) is 0 Å². The summed E-state index contributed by atoms with van der Waals surface area (Å²) in [7, 11) is 0. The molecule has 0 spiro atoms. The van der Waals surface area contributed by atoms with Gasteiger partial charge < -0.3 is 5.32 Å². The van der Waals surface area contributed by atoms with Crippen LogP contribution in [0.2, 0.25) is 0 Å². The SMILES string of the molecule is CCCCCN1CCNC[C@H]1C. The van der Waals surface area contributed by atoms with E-state index in [2.05, 4.69) is 24.1 Å². The average Bonchev–Trinajstić information content (AvgIpc) is 2.09. The second kappa shape index (κ2) is 5.55. The predicted octanol–water partition coefficient (Wildman–Crippen LogP) is 1.47. The fraction of sp³-hybridized carbons (Fsp3) is 1.00. The Bertz CT molecular complexity index is 114. The Kier molecular flexibility index (Phi) is 4.62. The molecule has 0 aromatic rings. The van der Waals surface area contributed by atoms with E-state index in [0.717, 1.165) is 6.04 Å². The maximum Gasteiger partial charge on any atom is 0.0192 e. The van der Waals surface area contributed by atoms with Gasteiger partial charge in [0.2, 0.25) is 0 Å². The van der Waals surface area contributed by atoms with Gasteiger partial charge in [-0.15, -0.1) is 0 Å². The molecule has 2 nitrogen and oxygen atoms in total. The Hall–Kier alpha value is -0.0800. The van der Waals surface area contributed by atoms with Crippen molar-refractivity contribution in [3.63, 3.8) is 0 Å². The summed E-state index contributed by atoms with van der Waals surface area (Å²) in [4.78, 5) is 2.60. The molecule has 0 unspecified atom stereocenters. The molecule has 12 heavy (non-hydrogen) atoms. The van der Waals surface area contributed by atoms with Gasteiger partial charge in [-0.25, -0.2) is 0 Å². The Balaban J connectivity index is 2.11. The molecule has 0 radical (unpaired) electrons. The van der Waals surface area contributed by atoms with Crippen LogP contribution >= 0.6 is 0 Å². The number of piperazine rings is 1. The summed E-state index contributed by atoms with van der Waals surface area (Å²) >= 11 is 0. The van der Waals surface area contributed by atoms with Gasteiger partial charge in [-0.3, -0.25) is 4.90 Å². The fourth-order valence-electron chi connectivity index (χ4n) is 1.78. The molecule has 1 fully saturated rings. The minimum Gasteiger partial charge on any atom is -0.314 e. The van der Waals surface area contributed by atoms with Crippen molar-refractivity contribution in [2.75, 3.05) is 26.2 Å². The first-order valence-electron chi connectivity index (χ1n) is 5.29. The van der Waals surface area contributed by atoms with E-state index in [1.165, 1.54) is 45.4 Å². The van der Waals surface area contributed by atoms with Gasteiger partial charge in [-0.05, 0) is 19.9 Å². The van der Waals surface area contributed by atoms with Crippen LogP contribution in [0.15, 0.2) is 0 Å². The van der Waals surface area contributed by atoms with Crippen molar-refractivity contribution < 1.29 is 0 Å². The first-order valence-corrected chi connectivity index (χ1v) is 5.29. The molecule has 0 amide bonds. The summed E-state index contributed by atoms with van der Waals surface area (Å²) in [5.41, 5.74) is 0. The van der Waals surface area contributed by atoms with E-state index in [4.69, 9.17) is 0 Å². The Morgan fingerprint density at radius 3 is 2.92 bits per heavy atom. The zero-order chi connectivity index (χ0) is 8.81. The first-order chi connectivity index (χ1) is 5.84. The normalized spacial score (nSPS) is 26.0. The van der Waals surface area contributed by atoms with Gasteiger partial charge in [0.15, 0.2) is 0 Å². The molecule has 0 bridgehead atoms. The molecule has 1 rings (SSSR count). The molecule has 1 atom stereocenters. The monoisotopic (exact) mass is 170 g/mol. The van der Waals surface area contributed by atoms with E-state index in [1.807, 2.05) is 0 Å². The van der Waals surface area contributed by atoms with Gasteiger partial charge in [0.05, 0.1) is 0 Å². The minimum atomic E-state index is 0.746. The third-order valence-electron chi connectivity index (χ3n) is 2.69. The summed E-state index contributed by atoms with van der Waals surface area (Å²) < 4.78 is 0. The zero-order valence-electron chi connectivity index (χ0n) is 8.47. The van der Waals surface area contributed by atoms with Crippen LogP contribution in [0.3, 0.4) is 0 Å². The average molecular weight is 170 g/mol. The maximum atomic E-state index is 3.41. The molecule has 0 aliphatic carbocycles. The molecule has 0 saturated carbocycles. The van der Waals surface area contributed by atoms with Crippen molar-refractivity contribution in [2.24, 2.45) is 0 Å². The zero-order valence-corrected chi connectivity index (χ0v) is 8.47. The van der Waals surface area contributed by atoms with Crippen molar-refractivity contribution >= 4 is 0 Å². The summed E-state index contributed by atoms with van der Waals surface area (Å²) in [6.07, 6.45) is 4.10. The summed E-state index contributed by atoms with van der Waals surface area (Å²) in [5.74, 6) is 0. The number of hydrogen-bond acceptors (Lipinski definition) is 2. The number of nitrogens with one attached hydrogen (secondary N) is 1. The quantitative estimate of drug-likeness (QED) is 0.643. The largest absolute Gasteiger partial charge is 0.314 e. The Labute approximate surface area is 76.3 Å². The van der Waals surface area contributed by atoms with E-state index in [1.54, 1.807) is 0 Å². The van der Waals surface area contributed by atoms with Gasteiger partial charge in [-0.1, -0.05) is 19.8 Å². The summed E-state index contributed by atoms with van der Waals surface area (Å²) in [6, 6.07) is 0.746. The topological polar surface area (TPSA) is 15.3 Å².